The fourth-order valence-electron chi connectivity index (χ4n) is 11.8. The Bertz CT molecular complexity index is 3110. The quantitative estimate of drug-likeness (QED) is 0.148. The molecule has 6 aliphatic rings. The van der Waals surface area contributed by atoms with E-state index < -0.39 is 42.8 Å². The molecule has 0 saturated carbocycles. The molecule has 11 rings (SSSR count). The zero-order valence-electron chi connectivity index (χ0n) is 43.3. The molecule has 1 aliphatic carbocycles. The standard InChI is InChI=1S/C53H59N11O7/c1-30-29-60(34-13-16-59(17-14-34)35-6-8-38-39(24-35)51(69)64(50(38)68)41-9-11-45(66)58-48(41)67)18-19-61(30)36-7-10-44(55-28-36)57-40-22-33(27-56-49(40)71-5)37-12-15-54-47(46(37)31(2)65)63-21-20-62-42(52(63)70)23-32-25-53(3,4)26-43(32)62/h6-8,10,12,15,22-24,27-28,30-31,34,41,65H,9,11,13-14,16-21,25-26,29H2,1-5H3,(H,55,57)(H,58,66,67)/t30-,31+,41-/m0/s1/i5D3. The number of rotatable bonds is 10. The smallest absolute Gasteiger partial charge is 0.276 e. The zero-order chi connectivity index (χ0) is 52.0. The number of ether oxygens (including phenoxy) is 1. The Morgan fingerprint density at radius 1 is 0.845 bits per heavy atom. The van der Waals surface area contributed by atoms with E-state index in [0.717, 1.165) is 74.7 Å². The lowest BCUT2D eigenvalue weighted by Gasteiger charge is -2.46. The summed E-state index contributed by atoms with van der Waals surface area (Å²) in [5, 5.41) is 16.8. The Morgan fingerprint density at radius 2 is 1.65 bits per heavy atom. The Balaban J connectivity index is 0.746. The number of amides is 5. The molecule has 0 unspecified atom stereocenters. The van der Waals surface area contributed by atoms with Gasteiger partial charge in [-0.3, -0.25) is 44.0 Å². The van der Waals surface area contributed by atoms with Crippen molar-refractivity contribution < 1.29 is 37.9 Å². The minimum atomic E-state index is -2.80. The van der Waals surface area contributed by atoms with Gasteiger partial charge in [0.05, 0.1) is 40.3 Å². The monoisotopic (exact) mass is 964 g/mol. The number of anilines is 5. The number of nitrogens with zero attached hydrogens (tertiary/aromatic N) is 9. The van der Waals surface area contributed by atoms with Crippen LogP contribution in [0.3, 0.4) is 0 Å². The summed E-state index contributed by atoms with van der Waals surface area (Å²) in [6, 6.07) is 14.1. The van der Waals surface area contributed by atoms with Crippen molar-refractivity contribution in [2.75, 3.05) is 66.3 Å². The zero-order valence-corrected chi connectivity index (χ0v) is 40.3. The molecule has 71 heavy (non-hydrogen) atoms. The lowest BCUT2D eigenvalue weighted by atomic mass is 9.90. The Hall–Kier alpha value is -7.18. The predicted octanol–water partition coefficient (Wildman–Crippen LogP) is 5.51. The average molecular weight is 965 g/mol. The van der Waals surface area contributed by atoms with Crippen molar-refractivity contribution in [1.29, 1.82) is 0 Å². The van der Waals surface area contributed by atoms with Crippen LogP contribution in [0.25, 0.3) is 11.1 Å². The number of aliphatic hydroxyl groups is 1. The first-order chi connectivity index (χ1) is 35.3. The van der Waals surface area contributed by atoms with Gasteiger partial charge in [0.1, 0.15) is 29.1 Å². The van der Waals surface area contributed by atoms with Gasteiger partial charge in [0, 0.05) is 99.2 Å². The van der Waals surface area contributed by atoms with Gasteiger partial charge < -0.3 is 29.5 Å². The number of hydrogen-bond acceptors (Lipinski definition) is 14. The van der Waals surface area contributed by atoms with Crippen LogP contribution in [0.1, 0.15) is 112 Å². The summed E-state index contributed by atoms with van der Waals surface area (Å²) in [4.78, 5) is 88.7. The molecular formula is C53H59N11O7. The molecule has 1 aromatic carbocycles. The van der Waals surface area contributed by atoms with E-state index in [-0.39, 0.29) is 52.9 Å². The predicted molar refractivity (Wildman–Crippen MR) is 266 cm³/mol. The minimum Gasteiger partial charge on any atom is -0.480 e. The second-order valence-corrected chi connectivity index (χ2v) is 20.5. The van der Waals surface area contributed by atoms with Crippen molar-refractivity contribution in [3.8, 4) is 17.0 Å². The number of carbonyl (C=O) groups excluding carboxylic acids is 5. The first-order valence-corrected chi connectivity index (χ1v) is 24.5. The number of piperazine rings is 1. The van der Waals surface area contributed by atoms with Gasteiger partial charge in [0.15, 0.2) is 0 Å². The van der Waals surface area contributed by atoms with Gasteiger partial charge in [-0.2, -0.15) is 0 Å². The van der Waals surface area contributed by atoms with Crippen LogP contribution in [0.4, 0.5) is 28.7 Å². The molecule has 5 aliphatic heterocycles. The number of piperidine rings is 2. The van der Waals surface area contributed by atoms with Crippen molar-refractivity contribution in [3.05, 3.63) is 101 Å². The summed E-state index contributed by atoms with van der Waals surface area (Å²) in [5.74, 6) is -1.64. The number of methoxy groups -OCH3 is 1. The number of fused-ring (bicyclic) bond motifs is 4. The summed E-state index contributed by atoms with van der Waals surface area (Å²) in [5.41, 5.74) is 7.28. The maximum atomic E-state index is 14.2. The van der Waals surface area contributed by atoms with Gasteiger partial charge in [0.25, 0.3) is 17.7 Å². The van der Waals surface area contributed by atoms with E-state index in [1.807, 2.05) is 24.3 Å². The normalized spacial score (nSPS) is 22.7. The molecule has 9 heterocycles. The molecule has 5 amide bonds. The second-order valence-electron chi connectivity index (χ2n) is 20.5. The van der Waals surface area contributed by atoms with Crippen molar-refractivity contribution >= 4 is 58.2 Å². The van der Waals surface area contributed by atoms with Gasteiger partial charge >= 0.3 is 0 Å². The van der Waals surface area contributed by atoms with Crippen LogP contribution in [0.15, 0.2) is 67.1 Å². The molecule has 0 spiro atoms. The van der Waals surface area contributed by atoms with E-state index in [1.54, 1.807) is 48.5 Å². The fourth-order valence-corrected chi connectivity index (χ4v) is 11.8. The number of hydrogen-bond donors (Lipinski definition) is 3. The lowest BCUT2D eigenvalue weighted by Crippen LogP contribution is -2.57. The molecule has 18 nitrogen and oxygen atoms in total. The summed E-state index contributed by atoms with van der Waals surface area (Å²) >= 11 is 0. The topological polar surface area (TPSA) is 199 Å². The highest BCUT2D eigenvalue weighted by Crippen LogP contribution is 2.42. The van der Waals surface area contributed by atoms with E-state index in [2.05, 4.69) is 60.6 Å². The van der Waals surface area contributed by atoms with Gasteiger partial charge in [-0.05, 0) is 111 Å². The highest BCUT2D eigenvalue weighted by atomic mass is 16.5. The third-order valence-corrected chi connectivity index (χ3v) is 15.3. The second kappa shape index (κ2) is 17.9. The first kappa shape index (κ1) is 42.7. The van der Waals surface area contributed by atoms with Crippen LogP contribution >= 0.6 is 0 Å². The van der Waals surface area contributed by atoms with Crippen molar-refractivity contribution in [3.63, 3.8) is 0 Å². The number of nitrogens with one attached hydrogen (secondary N) is 2. The van der Waals surface area contributed by atoms with Crippen molar-refractivity contribution in [1.82, 2.24) is 34.6 Å². The molecule has 0 bridgehead atoms. The average Bonchev–Trinajstić information content (AvgIpc) is 3.96. The SMILES string of the molecule is [2H]C([2H])([2H])Oc1ncc(-c2ccnc(N3CCn4c(cc5c4CC(C)(C)C5)C3=O)c2[C@@H](C)O)cc1Nc1ccc(N2CCN(C3CCN(c4ccc5c(c4)C(=O)N([C@H]4CCC(=O)NC4=O)C5=O)CC3)C[C@@H]2C)cn1. The molecule has 368 valence electrons. The number of aromatic nitrogens is 4. The Kier molecular flexibility index (Phi) is 10.8. The number of pyridine rings is 3. The Labute approximate surface area is 416 Å². The van der Waals surface area contributed by atoms with E-state index in [4.69, 9.17) is 13.8 Å². The molecule has 4 aromatic heterocycles. The molecule has 0 radical (unpaired) electrons. The highest BCUT2D eigenvalue weighted by Gasteiger charge is 2.45. The fraction of sp³-hybridized carbons (Fsp3) is 0.434. The van der Waals surface area contributed by atoms with Gasteiger partial charge in [-0.15, -0.1) is 0 Å². The molecule has 3 atom stereocenters. The number of carbonyl (C=O) groups is 5. The summed E-state index contributed by atoms with van der Waals surface area (Å²) < 4.78 is 31.1. The van der Waals surface area contributed by atoms with Gasteiger partial charge in [-0.25, -0.2) is 15.0 Å². The van der Waals surface area contributed by atoms with Crippen LogP contribution < -0.4 is 30.1 Å². The summed E-state index contributed by atoms with van der Waals surface area (Å²) in [6.45, 7) is 13.3. The number of benzene rings is 1. The molecule has 3 saturated heterocycles. The number of aliphatic hydroxyl groups excluding tert-OH is 1. The summed E-state index contributed by atoms with van der Waals surface area (Å²) in [6.07, 6.45) is 7.66. The largest absolute Gasteiger partial charge is 0.480 e. The lowest BCUT2D eigenvalue weighted by molar-refractivity contribution is -0.136. The highest BCUT2D eigenvalue weighted by molar-refractivity contribution is 6.23. The van der Waals surface area contributed by atoms with Crippen LogP contribution in [-0.2, 0) is 29.0 Å². The molecular weight excluding hydrogens is 903 g/mol. The van der Waals surface area contributed by atoms with E-state index in [1.165, 1.54) is 17.5 Å². The van der Waals surface area contributed by atoms with E-state index >= 15 is 0 Å². The van der Waals surface area contributed by atoms with Crippen LogP contribution in [0.5, 0.6) is 5.88 Å². The molecule has 18 heteroatoms. The first-order valence-electron chi connectivity index (χ1n) is 26.0. The minimum absolute atomic E-state index is 0.0677. The summed E-state index contributed by atoms with van der Waals surface area (Å²) in [7, 11) is -2.80. The van der Waals surface area contributed by atoms with Crippen molar-refractivity contribution in [2.24, 2.45) is 5.41 Å². The Morgan fingerprint density at radius 3 is 2.39 bits per heavy atom. The maximum Gasteiger partial charge on any atom is 0.276 e. The van der Waals surface area contributed by atoms with E-state index in [0.29, 0.717) is 53.2 Å². The van der Waals surface area contributed by atoms with Crippen LogP contribution in [0, 0.1) is 5.41 Å². The van der Waals surface area contributed by atoms with E-state index in [9.17, 15) is 29.1 Å². The van der Waals surface area contributed by atoms with Crippen LogP contribution in [-0.4, -0.2) is 128 Å². The third kappa shape index (κ3) is 8.25. The van der Waals surface area contributed by atoms with Crippen LogP contribution in [0.2, 0.25) is 0 Å². The molecule has 5 aromatic rings. The molecule has 3 fully saturated rings. The molecule has 3 N–H and O–H groups in total. The van der Waals surface area contributed by atoms with Gasteiger partial charge in [-0.1, -0.05) is 13.8 Å². The van der Waals surface area contributed by atoms with Gasteiger partial charge in [0.2, 0.25) is 17.7 Å². The van der Waals surface area contributed by atoms with Crippen molar-refractivity contribution in [2.45, 2.75) is 97.0 Å². The third-order valence-electron chi connectivity index (χ3n) is 15.3. The number of imide groups is 2. The maximum absolute atomic E-state index is 14.2.